The van der Waals surface area contributed by atoms with Gasteiger partial charge in [0.2, 0.25) is 6.29 Å². The zero-order chi connectivity index (χ0) is 14.7. The third-order valence-corrected chi connectivity index (χ3v) is 4.21. The van der Waals surface area contributed by atoms with Crippen LogP contribution in [0.3, 0.4) is 0 Å². The van der Waals surface area contributed by atoms with Gasteiger partial charge in [-0.25, -0.2) is 0 Å². The molecule has 2 atom stereocenters. The molecule has 0 unspecified atom stereocenters. The van der Waals surface area contributed by atoms with Crippen molar-refractivity contribution in [1.82, 2.24) is 0 Å². The molecule has 0 amide bonds. The molecule has 1 aromatic rings. The van der Waals surface area contributed by atoms with Gasteiger partial charge in [-0.05, 0) is 31.4 Å². The van der Waals surface area contributed by atoms with Crippen molar-refractivity contribution in [2.45, 2.75) is 38.8 Å². The zero-order valence-electron chi connectivity index (χ0n) is 12.3. The average molecular weight is 290 g/mol. The molecule has 0 bridgehead atoms. The topological polar surface area (TPSA) is 47.9 Å². The van der Waals surface area contributed by atoms with E-state index in [0.717, 1.165) is 18.4 Å². The summed E-state index contributed by atoms with van der Waals surface area (Å²) in [6, 6.07) is 10.0. The first-order chi connectivity index (χ1) is 10.3. The Hall–Kier alpha value is -1.36. The van der Waals surface area contributed by atoms with Crippen LogP contribution in [0.2, 0.25) is 0 Å². The third-order valence-electron chi connectivity index (χ3n) is 4.21. The Morgan fingerprint density at radius 2 is 2.00 bits per heavy atom. The van der Waals surface area contributed by atoms with Crippen LogP contribution in [0.4, 0.5) is 0 Å². The molecule has 21 heavy (non-hydrogen) atoms. The fourth-order valence-electron chi connectivity index (χ4n) is 2.86. The summed E-state index contributed by atoms with van der Waals surface area (Å²) in [4.78, 5) is 0. The Morgan fingerprint density at radius 1 is 1.24 bits per heavy atom. The fourth-order valence-corrected chi connectivity index (χ4v) is 2.86. The Labute approximate surface area is 125 Å². The van der Waals surface area contributed by atoms with Gasteiger partial charge >= 0.3 is 0 Å². The van der Waals surface area contributed by atoms with E-state index in [1.165, 1.54) is 0 Å². The normalized spacial score (nSPS) is 26.3. The van der Waals surface area contributed by atoms with Crippen LogP contribution in [-0.4, -0.2) is 30.7 Å². The molecular weight excluding hydrogens is 268 g/mol. The Balaban J connectivity index is 1.71. The van der Waals surface area contributed by atoms with E-state index in [2.05, 4.69) is 0 Å². The van der Waals surface area contributed by atoms with Crippen LogP contribution in [-0.2, 0) is 20.8 Å². The monoisotopic (exact) mass is 290 g/mol. The lowest BCUT2D eigenvalue weighted by molar-refractivity contribution is -0.203. The minimum absolute atomic E-state index is 0.0285. The van der Waals surface area contributed by atoms with Crippen molar-refractivity contribution in [2.75, 3.05) is 13.2 Å². The maximum atomic E-state index is 9.37. The highest BCUT2D eigenvalue weighted by Crippen LogP contribution is 2.57. The van der Waals surface area contributed by atoms with Crippen molar-refractivity contribution in [3.63, 3.8) is 0 Å². The van der Waals surface area contributed by atoms with Gasteiger partial charge in [-0.1, -0.05) is 30.3 Å². The van der Waals surface area contributed by atoms with E-state index < -0.39 is 0 Å². The molecule has 2 aliphatic rings. The molecule has 1 fully saturated rings. The molecule has 3 rings (SSSR count). The number of aliphatic hydroxyl groups excluding tert-OH is 1. The largest absolute Gasteiger partial charge is 0.466 e. The first-order valence-corrected chi connectivity index (χ1v) is 7.54. The van der Waals surface area contributed by atoms with Gasteiger partial charge in [-0.3, -0.25) is 0 Å². The molecule has 114 valence electrons. The van der Waals surface area contributed by atoms with E-state index in [4.69, 9.17) is 14.2 Å². The van der Waals surface area contributed by atoms with Gasteiger partial charge in [0.15, 0.2) is 0 Å². The molecule has 1 aliphatic carbocycles. The Kier molecular flexibility index (Phi) is 4.29. The van der Waals surface area contributed by atoms with Gasteiger partial charge in [0.1, 0.15) is 12.4 Å². The molecule has 1 aromatic carbocycles. The number of hydrogen-bond acceptors (Lipinski definition) is 4. The van der Waals surface area contributed by atoms with Crippen molar-refractivity contribution < 1.29 is 19.3 Å². The smallest absolute Gasteiger partial charge is 0.208 e. The molecule has 1 N–H and O–H groups in total. The molecule has 1 heterocycles. The van der Waals surface area contributed by atoms with Crippen LogP contribution >= 0.6 is 0 Å². The van der Waals surface area contributed by atoms with Crippen LogP contribution in [0, 0.1) is 5.41 Å². The highest BCUT2D eigenvalue weighted by atomic mass is 16.7. The van der Waals surface area contributed by atoms with E-state index in [9.17, 15) is 5.11 Å². The summed E-state index contributed by atoms with van der Waals surface area (Å²) in [6.07, 6.45) is 3.60. The lowest BCUT2D eigenvalue weighted by atomic mass is 9.95. The molecule has 0 aromatic heterocycles. The Morgan fingerprint density at radius 3 is 2.62 bits per heavy atom. The second kappa shape index (κ2) is 6.18. The second-order valence-electron chi connectivity index (χ2n) is 5.65. The molecule has 1 saturated carbocycles. The third kappa shape index (κ3) is 2.98. The summed E-state index contributed by atoms with van der Waals surface area (Å²) in [5.41, 5.74) is 1.04. The van der Waals surface area contributed by atoms with Crippen LogP contribution in [0.25, 0.3) is 0 Å². The lowest BCUT2D eigenvalue weighted by Gasteiger charge is -2.37. The highest BCUT2D eigenvalue weighted by molar-refractivity contribution is 5.18. The summed E-state index contributed by atoms with van der Waals surface area (Å²) in [6.45, 7) is 3.01. The first-order valence-electron chi connectivity index (χ1n) is 7.54. The van der Waals surface area contributed by atoms with Crippen molar-refractivity contribution in [3.8, 4) is 0 Å². The number of aliphatic hydroxyl groups is 1. The van der Waals surface area contributed by atoms with Crippen molar-refractivity contribution in [2.24, 2.45) is 5.41 Å². The van der Waals surface area contributed by atoms with E-state index in [-0.39, 0.29) is 24.4 Å². The van der Waals surface area contributed by atoms with Crippen LogP contribution in [0.1, 0.15) is 25.3 Å². The van der Waals surface area contributed by atoms with E-state index >= 15 is 0 Å². The highest BCUT2D eigenvalue weighted by Gasteiger charge is 2.59. The number of hydrogen-bond donors (Lipinski definition) is 1. The van der Waals surface area contributed by atoms with E-state index in [0.29, 0.717) is 19.0 Å². The minimum Gasteiger partial charge on any atom is -0.466 e. The average Bonchev–Trinajstić information content (AvgIpc) is 3.31. The van der Waals surface area contributed by atoms with E-state index in [1.54, 1.807) is 0 Å². The van der Waals surface area contributed by atoms with E-state index in [1.807, 2.05) is 43.3 Å². The molecular formula is C17H22O4. The fraction of sp³-hybridized carbons (Fsp3) is 0.529. The number of rotatable bonds is 6. The summed E-state index contributed by atoms with van der Waals surface area (Å²) >= 11 is 0. The molecule has 4 nitrogen and oxygen atoms in total. The SMILES string of the molecule is CCO[C@@H]1C=C(CO)O[C@H](OCc2ccccc2)C12CC2. The van der Waals surface area contributed by atoms with Gasteiger partial charge in [-0.2, -0.15) is 0 Å². The quantitative estimate of drug-likeness (QED) is 0.875. The van der Waals surface area contributed by atoms with Gasteiger partial charge < -0.3 is 19.3 Å². The predicted molar refractivity (Wildman–Crippen MR) is 78.4 cm³/mol. The van der Waals surface area contributed by atoms with Crippen LogP contribution < -0.4 is 0 Å². The second-order valence-corrected chi connectivity index (χ2v) is 5.65. The van der Waals surface area contributed by atoms with Gasteiger partial charge in [0.25, 0.3) is 0 Å². The summed E-state index contributed by atoms with van der Waals surface area (Å²) < 4.78 is 17.6. The van der Waals surface area contributed by atoms with Crippen LogP contribution in [0.5, 0.6) is 0 Å². The molecule has 0 radical (unpaired) electrons. The Bertz CT molecular complexity index is 493. The standard InChI is InChI=1S/C17H22O4/c1-2-19-15-10-14(11-18)21-16(17(15)8-9-17)20-12-13-6-4-3-5-7-13/h3-7,10,15-16,18H,2,8-9,11-12H2,1H3/t15-,16+/m1/s1. The summed E-state index contributed by atoms with van der Waals surface area (Å²) in [5, 5.41) is 9.37. The van der Waals surface area contributed by atoms with Crippen molar-refractivity contribution >= 4 is 0 Å². The molecule has 1 spiro atoms. The maximum absolute atomic E-state index is 9.37. The summed E-state index contributed by atoms with van der Waals surface area (Å²) in [5.74, 6) is 0.545. The number of ether oxygens (including phenoxy) is 3. The number of benzene rings is 1. The predicted octanol–water partition coefficient (Wildman–Crippen LogP) is 2.62. The van der Waals surface area contributed by atoms with Crippen LogP contribution in [0.15, 0.2) is 42.2 Å². The zero-order valence-corrected chi connectivity index (χ0v) is 12.3. The summed E-state index contributed by atoms with van der Waals surface area (Å²) in [7, 11) is 0. The molecule has 4 heteroatoms. The minimum atomic E-state index is -0.346. The molecule has 0 saturated heterocycles. The lowest BCUT2D eigenvalue weighted by Crippen LogP contribution is -2.42. The van der Waals surface area contributed by atoms with Gasteiger partial charge in [0.05, 0.1) is 18.1 Å². The van der Waals surface area contributed by atoms with Crippen molar-refractivity contribution in [1.29, 1.82) is 0 Å². The first kappa shape index (κ1) is 14.6. The van der Waals surface area contributed by atoms with Gasteiger partial charge in [-0.15, -0.1) is 0 Å². The maximum Gasteiger partial charge on any atom is 0.208 e. The molecule has 1 aliphatic heterocycles. The van der Waals surface area contributed by atoms with Crippen molar-refractivity contribution in [3.05, 3.63) is 47.7 Å². The van der Waals surface area contributed by atoms with Gasteiger partial charge in [0, 0.05) is 6.61 Å².